The summed E-state index contributed by atoms with van der Waals surface area (Å²) in [7, 11) is 0. The van der Waals surface area contributed by atoms with E-state index in [9.17, 15) is 9.59 Å². The first-order valence-electron chi connectivity index (χ1n) is 10.4. The van der Waals surface area contributed by atoms with Crippen LogP contribution in [-0.4, -0.2) is 27.7 Å². The number of carbonyl (C=O) groups excluding carboxylic acids is 2. The molecule has 0 saturated carbocycles. The standard InChI is InChI=1S/C24H30N4O3/c1-15(2)21-14-20(27-28(21)24(4,5)6)23(30)26-25-22(29)16(3)31-19-12-11-17-9-7-8-10-18(17)13-19/h7-16H,1-6H3,(H,25,29)(H,26,30). The van der Waals surface area contributed by atoms with Crippen LogP contribution in [-0.2, 0) is 10.3 Å². The van der Waals surface area contributed by atoms with Crippen LogP contribution >= 0.6 is 0 Å². The van der Waals surface area contributed by atoms with Gasteiger partial charge in [0, 0.05) is 5.69 Å². The van der Waals surface area contributed by atoms with E-state index in [2.05, 4.69) is 29.8 Å². The van der Waals surface area contributed by atoms with E-state index >= 15 is 0 Å². The molecule has 164 valence electrons. The van der Waals surface area contributed by atoms with E-state index in [1.54, 1.807) is 13.0 Å². The Labute approximate surface area is 182 Å². The van der Waals surface area contributed by atoms with Crippen molar-refractivity contribution in [2.24, 2.45) is 0 Å². The summed E-state index contributed by atoms with van der Waals surface area (Å²) in [5.41, 5.74) is 5.80. The zero-order valence-electron chi connectivity index (χ0n) is 18.9. The Morgan fingerprint density at radius 2 is 1.65 bits per heavy atom. The van der Waals surface area contributed by atoms with Crippen molar-refractivity contribution in [3.05, 3.63) is 59.9 Å². The third kappa shape index (κ3) is 5.23. The summed E-state index contributed by atoms with van der Waals surface area (Å²) < 4.78 is 7.59. The predicted molar refractivity (Wildman–Crippen MR) is 121 cm³/mol. The van der Waals surface area contributed by atoms with Gasteiger partial charge >= 0.3 is 0 Å². The van der Waals surface area contributed by atoms with Gasteiger partial charge in [0.25, 0.3) is 11.8 Å². The molecular formula is C24H30N4O3. The van der Waals surface area contributed by atoms with E-state index in [-0.39, 0.29) is 17.2 Å². The Bertz CT molecular complexity index is 1100. The highest BCUT2D eigenvalue weighted by Crippen LogP contribution is 2.24. The number of fused-ring (bicyclic) bond motifs is 1. The Balaban J connectivity index is 1.62. The van der Waals surface area contributed by atoms with E-state index in [1.165, 1.54) is 0 Å². The van der Waals surface area contributed by atoms with E-state index in [4.69, 9.17) is 4.74 Å². The van der Waals surface area contributed by atoms with Gasteiger partial charge in [0.15, 0.2) is 11.8 Å². The summed E-state index contributed by atoms with van der Waals surface area (Å²) in [5.74, 6) is -0.145. The highest BCUT2D eigenvalue weighted by atomic mass is 16.5. The van der Waals surface area contributed by atoms with Crippen LogP contribution in [0.2, 0.25) is 0 Å². The Morgan fingerprint density at radius 1 is 0.968 bits per heavy atom. The van der Waals surface area contributed by atoms with Gasteiger partial charge in [-0.25, -0.2) is 0 Å². The number of benzene rings is 2. The van der Waals surface area contributed by atoms with Crippen molar-refractivity contribution in [2.45, 2.75) is 59.1 Å². The zero-order valence-corrected chi connectivity index (χ0v) is 18.9. The summed E-state index contributed by atoms with van der Waals surface area (Å²) in [6.45, 7) is 11.8. The van der Waals surface area contributed by atoms with Crippen LogP contribution in [0.3, 0.4) is 0 Å². The Morgan fingerprint density at radius 3 is 2.26 bits per heavy atom. The van der Waals surface area contributed by atoms with Gasteiger partial charge in [-0.3, -0.25) is 25.1 Å². The minimum absolute atomic E-state index is 0.207. The first-order chi connectivity index (χ1) is 14.6. The van der Waals surface area contributed by atoms with Crippen LogP contribution in [0.5, 0.6) is 5.75 Å². The minimum Gasteiger partial charge on any atom is -0.481 e. The predicted octanol–water partition coefficient (Wildman–Crippen LogP) is 4.14. The number of hydrazine groups is 1. The lowest BCUT2D eigenvalue weighted by molar-refractivity contribution is -0.128. The van der Waals surface area contributed by atoms with E-state index in [0.29, 0.717) is 5.75 Å². The summed E-state index contributed by atoms with van der Waals surface area (Å²) >= 11 is 0. The number of ether oxygens (including phenoxy) is 1. The second-order valence-electron chi connectivity index (χ2n) is 8.90. The smallest absolute Gasteiger partial charge is 0.290 e. The third-order valence-electron chi connectivity index (χ3n) is 4.90. The molecule has 7 nitrogen and oxygen atoms in total. The van der Waals surface area contributed by atoms with Crippen molar-refractivity contribution in [1.82, 2.24) is 20.6 Å². The van der Waals surface area contributed by atoms with Gasteiger partial charge in [-0.15, -0.1) is 0 Å². The average Bonchev–Trinajstić information content (AvgIpc) is 3.18. The maximum absolute atomic E-state index is 12.5. The molecule has 0 saturated heterocycles. The van der Waals surface area contributed by atoms with Crippen LogP contribution in [0.15, 0.2) is 48.5 Å². The fourth-order valence-electron chi connectivity index (χ4n) is 3.24. The van der Waals surface area contributed by atoms with Crippen molar-refractivity contribution in [3.8, 4) is 5.75 Å². The topological polar surface area (TPSA) is 85.3 Å². The van der Waals surface area contributed by atoms with Gasteiger partial charge < -0.3 is 4.74 Å². The van der Waals surface area contributed by atoms with E-state index in [0.717, 1.165) is 16.5 Å². The largest absolute Gasteiger partial charge is 0.481 e. The zero-order chi connectivity index (χ0) is 22.8. The molecule has 0 radical (unpaired) electrons. The monoisotopic (exact) mass is 422 g/mol. The van der Waals surface area contributed by atoms with Gasteiger partial charge in [-0.2, -0.15) is 5.10 Å². The summed E-state index contributed by atoms with van der Waals surface area (Å²) in [6.07, 6.45) is -0.792. The van der Waals surface area contributed by atoms with Crippen LogP contribution in [0.1, 0.15) is 63.6 Å². The number of nitrogens with zero attached hydrogens (tertiary/aromatic N) is 2. The van der Waals surface area contributed by atoms with Crippen LogP contribution < -0.4 is 15.6 Å². The highest BCUT2D eigenvalue weighted by Gasteiger charge is 2.24. The quantitative estimate of drug-likeness (QED) is 0.605. The molecule has 2 N–H and O–H groups in total. The number of hydrogen-bond acceptors (Lipinski definition) is 4. The third-order valence-corrected chi connectivity index (χ3v) is 4.90. The first kappa shape index (κ1) is 22.3. The van der Waals surface area contributed by atoms with Crippen molar-refractivity contribution in [1.29, 1.82) is 0 Å². The molecule has 0 aliphatic rings. The molecule has 1 heterocycles. The van der Waals surface area contributed by atoms with E-state index < -0.39 is 17.9 Å². The summed E-state index contributed by atoms with van der Waals surface area (Å²) in [4.78, 5) is 25.0. The number of hydrogen-bond donors (Lipinski definition) is 2. The molecule has 3 aromatic rings. The van der Waals surface area contributed by atoms with Crippen molar-refractivity contribution < 1.29 is 14.3 Å². The van der Waals surface area contributed by atoms with Crippen molar-refractivity contribution >= 4 is 22.6 Å². The number of aromatic nitrogens is 2. The molecule has 0 aliphatic carbocycles. The first-order valence-corrected chi connectivity index (χ1v) is 10.4. The van der Waals surface area contributed by atoms with Crippen LogP contribution in [0, 0.1) is 0 Å². The highest BCUT2D eigenvalue weighted by molar-refractivity contribution is 5.94. The average molecular weight is 423 g/mol. The second kappa shape index (κ2) is 8.79. The molecule has 1 unspecified atom stereocenters. The van der Waals surface area contributed by atoms with Crippen LogP contribution in [0.25, 0.3) is 10.8 Å². The maximum Gasteiger partial charge on any atom is 0.290 e. The molecule has 0 bridgehead atoms. The molecule has 0 aliphatic heterocycles. The summed E-state index contributed by atoms with van der Waals surface area (Å²) in [5, 5.41) is 6.56. The lowest BCUT2D eigenvalue weighted by Crippen LogP contribution is -2.47. The molecule has 1 aromatic heterocycles. The molecule has 0 spiro atoms. The van der Waals surface area contributed by atoms with Gasteiger partial charge in [0.1, 0.15) is 5.75 Å². The number of rotatable bonds is 5. The molecule has 0 fully saturated rings. The van der Waals surface area contributed by atoms with Crippen molar-refractivity contribution in [2.75, 3.05) is 0 Å². The minimum atomic E-state index is -0.792. The molecule has 31 heavy (non-hydrogen) atoms. The lowest BCUT2D eigenvalue weighted by Gasteiger charge is -2.23. The van der Waals surface area contributed by atoms with E-state index in [1.807, 2.05) is 67.9 Å². The van der Waals surface area contributed by atoms with Gasteiger partial charge in [-0.05, 0) is 62.6 Å². The number of amides is 2. The summed E-state index contributed by atoms with van der Waals surface area (Å²) in [6, 6.07) is 15.3. The number of nitrogens with one attached hydrogen (secondary N) is 2. The molecule has 3 rings (SSSR count). The lowest BCUT2D eigenvalue weighted by atomic mass is 10.1. The Kier molecular flexibility index (Phi) is 6.34. The molecule has 1 atom stereocenters. The fourth-order valence-corrected chi connectivity index (χ4v) is 3.24. The normalized spacial score (nSPS) is 12.6. The second-order valence-corrected chi connectivity index (χ2v) is 8.90. The fraction of sp³-hybridized carbons (Fsp3) is 0.375. The van der Waals surface area contributed by atoms with Gasteiger partial charge in [0.2, 0.25) is 0 Å². The molecule has 2 aromatic carbocycles. The van der Waals surface area contributed by atoms with Crippen LogP contribution in [0.4, 0.5) is 0 Å². The Hall–Kier alpha value is -3.35. The molecular weight excluding hydrogens is 392 g/mol. The number of carbonyl (C=O) groups is 2. The molecule has 2 amide bonds. The maximum atomic E-state index is 12.5. The van der Waals surface area contributed by atoms with Crippen molar-refractivity contribution in [3.63, 3.8) is 0 Å². The SMILES string of the molecule is CC(Oc1ccc2ccccc2c1)C(=O)NNC(=O)c1cc(C(C)C)n(C(C)(C)C)n1. The van der Waals surface area contributed by atoms with Gasteiger partial charge in [-0.1, -0.05) is 44.2 Å². The van der Waals surface area contributed by atoms with Gasteiger partial charge in [0.05, 0.1) is 5.54 Å². The molecule has 7 heteroatoms.